The van der Waals surface area contributed by atoms with Crippen molar-refractivity contribution in [3.8, 4) is 0 Å². The summed E-state index contributed by atoms with van der Waals surface area (Å²) in [6.45, 7) is 3.53. The van der Waals surface area contributed by atoms with Crippen molar-refractivity contribution in [2.75, 3.05) is 5.32 Å². The molecule has 1 aliphatic heterocycles. The lowest BCUT2D eigenvalue weighted by atomic mass is 9.93. The van der Waals surface area contributed by atoms with E-state index in [0.29, 0.717) is 0 Å². The number of ketones is 1. The van der Waals surface area contributed by atoms with Gasteiger partial charge in [0.15, 0.2) is 5.78 Å². The summed E-state index contributed by atoms with van der Waals surface area (Å²) in [6.07, 6.45) is 3.51. The van der Waals surface area contributed by atoms with Crippen molar-refractivity contribution >= 4 is 22.8 Å². The van der Waals surface area contributed by atoms with Gasteiger partial charge in [0.25, 0.3) is 0 Å². The van der Waals surface area contributed by atoms with Crippen molar-refractivity contribution in [1.29, 1.82) is 0 Å². The number of nitrogens with zero attached hydrogens (tertiary/aromatic N) is 3. The molecule has 0 radical (unpaired) electrons. The van der Waals surface area contributed by atoms with Crippen molar-refractivity contribution in [1.82, 2.24) is 14.5 Å². The molecule has 3 heterocycles. The van der Waals surface area contributed by atoms with E-state index in [4.69, 9.17) is 0 Å². The van der Waals surface area contributed by atoms with Crippen molar-refractivity contribution in [2.45, 2.75) is 19.9 Å². The first kappa shape index (κ1) is 13.7. The van der Waals surface area contributed by atoms with Crippen molar-refractivity contribution in [3.63, 3.8) is 0 Å². The van der Waals surface area contributed by atoms with E-state index in [0.717, 1.165) is 33.8 Å². The van der Waals surface area contributed by atoms with Crippen molar-refractivity contribution in [3.05, 3.63) is 65.6 Å². The number of allylic oxidation sites excluding steroid dienone is 2. The number of pyridine rings is 1. The number of benzene rings is 1. The normalized spacial score (nSPS) is 17.0. The molecule has 0 saturated heterocycles. The first-order chi connectivity index (χ1) is 11.2. The summed E-state index contributed by atoms with van der Waals surface area (Å²) in [4.78, 5) is 21.1. The van der Waals surface area contributed by atoms with E-state index in [-0.39, 0.29) is 11.8 Å². The van der Waals surface area contributed by atoms with E-state index in [2.05, 4.69) is 19.9 Å². The Hall–Kier alpha value is -2.95. The fourth-order valence-electron chi connectivity index (χ4n) is 3.28. The van der Waals surface area contributed by atoms with Crippen molar-refractivity contribution in [2.24, 2.45) is 0 Å². The molecule has 5 nitrogen and oxygen atoms in total. The molecule has 1 atom stereocenters. The first-order valence-electron chi connectivity index (χ1n) is 7.52. The molecule has 2 aromatic heterocycles. The second-order valence-corrected chi connectivity index (χ2v) is 5.70. The monoisotopic (exact) mass is 304 g/mol. The van der Waals surface area contributed by atoms with E-state index < -0.39 is 0 Å². The number of rotatable bonds is 2. The highest BCUT2D eigenvalue weighted by molar-refractivity contribution is 5.97. The maximum atomic E-state index is 12.3. The highest BCUT2D eigenvalue weighted by Crippen LogP contribution is 2.38. The van der Waals surface area contributed by atoms with Crippen LogP contribution in [-0.4, -0.2) is 20.3 Å². The van der Waals surface area contributed by atoms with E-state index in [1.54, 1.807) is 19.3 Å². The first-order valence-corrected chi connectivity index (χ1v) is 7.52. The minimum atomic E-state index is -0.195. The highest BCUT2D eigenvalue weighted by atomic mass is 16.1. The van der Waals surface area contributed by atoms with Gasteiger partial charge in [-0.05, 0) is 43.7 Å². The van der Waals surface area contributed by atoms with Gasteiger partial charge in [-0.2, -0.15) is 0 Å². The molecule has 0 fully saturated rings. The molecule has 1 aromatic carbocycles. The third kappa shape index (κ3) is 2.04. The Morgan fingerprint density at radius 1 is 1.17 bits per heavy atom. The Bertz CT molecular complexity index is 940. The van der Waals surface area contributed by atoms with Crippen LogP contribution in [-0.2, 0) is 4.79 Å². The van der Waals surface area contributed by atoms with Crippen LogP contribution in [0, 0.1) is 0 Å². The molecule has 5 heteroatoms. The number of nitrogens with one attached hydrogen (secondary N) is 1. The van der Waals surface area contributed by atoms with E-state index >= 15 is 0 Å². The van der Waals surface area contributed by atoms with Crippen LogP contribution in [0.3, 0.4) is 0 Å². The maximum Gasteiger partial charge on any atom is 0.209 e. The Kier molecular flexibility index (Phi) is 3.01. The van der Waals surface area contributed by atoms with Gasteiger partial charge >= 0.3 is 0 Å². The summed E-state index contributed by atoms with van der Waals surface area (Å²) in [5.41, 5.74) is 4.54. The molecular formula is C18H16N4O. The number of hydrogen-bond donors (Lipinski definition) is 1. The van der Waals surface area contributed by atoms with Crippen LogP contribution in [0.25, 0.3) is 11.0 Å². The van der Waals surface area contributed by atoms with Crippen LogP contribution in [0.4, 0.5) is 5.95 Å². The average Bonchev–Trinajstić information content (AvgIpc) is 2.91. The smallest absolute Gasteiger partial charge is 0.209 e. The summed E-state index contributed by atoms with van der Waals surface area (Å²) >= 11 is 0. The van der Waals surface area contributed by atoms with Gasteiger partial charge in [0.2, 0.25) is 5.95 Å². The van der Waals surface area contributed by atoms with Gasteiger partial charge in [0.05, 0.1) is 17.1 Å². The number of anilines is 1. The number of carbonyl (C=O) groups is 1. The van der Waals surface area contributed by atoms with Gasteiger partial charge in [0, 0.05) is 23.7 Å². The Balaban J connectivity index is 2.05. The molecule has 0 spiro atoms. The molecular weight excluding hydrogens is 288 g/mol. The van der Waals surface area contributed by atoms with E-state index in [9.17, 15) is 4.79 Å². The number of carbonyl (C=O) groups excluding carboxylic acids is 1. The number of Topliss-reactive ketones (excluding diaryl/α,β-unsaturated/α-hetero) is 1. The molecule has 0 saturated carbocycles. The molecule has 1 unspecified atom stereocenters. The fraction of sp³-hybridized carbons (Fsp3) is 0.167. The number of para-hydroxylation sites is 2. The second-order valence-electron chi connectivity index (χ2n) is 5.70. The summed E-state index contributed by atoms with van der Waals surface area (Å²) in [5.74, 6) is 0.816. The number of fused-ring (bicyclic) bond motifs is 3. The Morgan fingerprint density at radius 3 is 2.65 bits per heavy atom. The molecule has 0 amide bonds. The molecule has 1 aliphatic rings. The Labute approximate surface area is 133 Å². The van der Waals surface area contributed by atoms with E-state index in [1.807, 2.05) is 43.3 Å². The topological polar surface area (TPSA) is 59.8 Å². The molecule has 0 aliphatic carbocycles. The lowest BCUT2D eigenvalue weighted by Gasteiger charge is -2.30. The zero-order valence-electron chi connectivity index (χ0n) is 12.9. The SMILES string of the molecule is CC(=O)C1=C(C)Nc2nc3ccccc3n2C1c1ccncc1. The highest BCUT2D eigenvalue weighted by Gasteiger charge is 2.32. The summed E-state index contributed by atoms with van der Waals surface area (Å²) in [5, 5.41) is 3.28. The van der Waals surface area contributed by atoms with Crippen LogP contribution >= 0.6 is 0 Å². The molecule has 3 aromatic rings. The van der Waals surface area contributed by atoms with Crippen LogP contribution in [0.1, 0.15) is 25.5 Å². The molecule has 114 valence electrons. The predicted octanol–water partition coefficient (Wildman–Crippen LogP) is 3.31. The van der Waals surface area contributed by atoms with E-state index in [1.165, 1.54) is 0 Å². The van der Waals surface area contributed by atoms with Crippen molar-refractivity contribution < 1.29 is 4.79 Å². The zero-order valence-corrected chi connectivity index (χ0v) is 12.9. The summed E-state index contributed by atoms with van der Waals surface area (Å²) in [7, 11) is 0. The standard InChI is InChI=1S/C18H16N4O/c1-11-16(12(2)23)17(13-7-9-19-10-8-13)22-15-6-4-3-5-14(15)21-18(22)20-11/h3-10,17H,1-2H3,(H,20,21). The maximum absolute atomic E-state index is 12.3. The number of aromatic nitrogens is 3. The third-order valence-corrected chi connectivity index (χ3v) is 4.23. The van der Waals surface area contributed by atoms with Gasteiger partial charge in [-0.25, -0.2) is 4.98 Å². The molecule has 1 N–H and O–H groups in total. The predicted molar refractivity (Wildman–Crippen MR) is 89.1 cm³/mol. The number of hydrogen-bond acceptors (Lipinski definition) is 4. The number of imidazole rings is 1. The molecule has 23 heavy (non-hydrogen) atoms. The summed E-state index contributed by atoms with van der Waals surface area (Å²) < 4.78 is 2.09. The zero-order chi connectivity index (χ0) is 16.0. The van der Waals surface area contributed by atoms with Gasteiger partial charge in [-0.15, -0.1) is 0 Å². The fourth-order valence-corrected chi connectivity index (χ4v) is 3.28. The lowest BCUT2D eigenvalue weighted by molar-refractivity contribution is -0.114. The van der Waals surface area contributed by atoms with Gasteiger partial charge in [-0.3, -0.25) is 14.3 Å². The minimum Gasteiger partial charge on any atom is -0.329 e. The van der Waals surface area contributed by atoms with Gasteiger partial charge in [0.1, 0.15) is 0 Å². The lowest BCUT2D eigenvalue weighted by Crippen LogP contribution is -2.26. The molecule has 4 rings (SSSR count). The second kappa shape index (κ2) is 5.05. The average molecular weight is 304 g/mol. The molecule has 0 bridgehead atoms. The van der Waals surface area contributed by atoms with Gasteiger partial charge < -0.3 is 5.32 Å². The van der Waals surface area contributed by atoms with Crippen LogP contribution in [0.2, 0.25) is 0 Å². The van der Waals surface area contributed by atoms with Crippen LogP contribution in [0.15, 0.2) is 60.1 Å². The quantitative estimate of drug-likeness (QED) is 0.789. The van der Waals surface area contributed by atoms with Gasteiger partial charge in [-0.1, -0.05) is 12.1 Å². The largest absolute Gasteiger partial charge is 0.329 e. The minimum absolute atomic E-state index is 0.0558. The Morgan fingerprint density at radius 2 is 1.91 bits per heavy atom. The van der Waals surface area contributed by atoms with Crippen LogP contribution < -0.4 is 5.32 Å². The van der Waals surface area contributed by atoms with Crippen LogP contribution in [0.5, 0.6) is 0 Å². The summed E-state index contributed by atoms with van der Waals surface area (Å²) in [6, 6.07) is 11.7. The third-order valence-electron chi connectivity index (χ3n) is 4.23.